The number of imide groups is 1. The van der Waals surface area contributed by atoms with Crippen molar-refractivity contribution >= 4 is 45.3 Å². The third-order valence-electron chi connectivity index (χ3n) is 5.98. The Bertz CT molecular complexity index is 1190. The van der Waals surface area contributed by atoms with Gasteiger partial charge in [0.2, 0.25) is 0 Å². The van der Waals surface area contributed by atoms with Crippen LogP contribution in [0.5, 0.6) is 0 Å². The molecule has 4 rings (SSSR count). The number of fused-ring (bicyclic) bond motifs is 1. The van der Waals surface area contributed by atoms with E-state index in [9.17, 15) is 14.4 Å². The lowest BCUT2D eigenvalue weighted by Crippen LogP contribution is -2.33. The van der Waals surface area contributed by atoms with Crippen LogP contribution >= 0.6 is 23.4 Å². The van der Waals surface area contributed by atoms with Gasteiger partial charge in [0, 0.05) is 5.56 Å². The van der Waals surface area contributed by atoms with E-state index in [1.54, 1.807) is 18.2 Å². The highest BCUT2D eigenvalue weighted by molar-refractivity contribution is 8.18. The number of allylic oxidation sites excluding steroid dienone is 2. The summed E-state index contributed by atoms with van der Waals surface area (Å²) in [5.41, 5.74) is 6.97. The highest BCUT2D eigenvalue weighted by atomic mass is 35.5. The molecule has 0 spiro atoms. The summed E-state index contributed by atoms with van der Waals surface area (Å²) >= 11 is 7.64. The van der Waals surface area contributed by atoms with E-state index in [1.165, 1.54) is 11.1 Å². The van der Waals surface area contributed by atoms with Crippen molar-refractivity contribution in [3.63, 3.8) is 0 Å². The van der Waals surface area contributed by atoms with Gasteiger partial charge in [-0.05, 0) is 91.8 Å². The topological polar surface area (TPSA) is 54.5 Å². The molecule has 1 aliphatic heterocycles. The molecule has 164 valence electrons. The van der Waals surface area contributed by atoms with Crippen LogP contribution in [-0.4, -0.2) is 28.4 Å². The lowest BCUT2D eigenvalue weighted by atomic mass is 9.98. The van der Waals surface area contributed by atoms with Gasteiger partial charge in [-0.3, -0.25) is 19.3 Å². The molecule has 2 aliphatic rings. The van der Waals surface area contributed by atoms with Crippen LogP contribution in [0.2, 0.25) is 0 Å². The first-order chi connectivity index (χ1) is 15.2. The molecule has 0 atom stereocenters. The molecule has 0 N–H and O–H groups in total. The molecule has 6 heteroatoms. The molecule has 4 nitrogen and oxygen atoms in total. The zero-order chi connectivity index (χ0) is 23.0. The number of hydrogen-bond donors (Lipinski definition) is 0. The van der Waals surface area contributed by atoms with Gasteiger partial charge in [0.25, 0.3) is 11.1 Å². The minimum Gasteiger partial charge on any atom is -0.292 e. The quantitative estimate of drug-likeness (QED) is 0.389. The minimum absolute atomic E-state index is 0.264. The Hall–Kier alpha value is -2.63. The minimum atomic E-state index is -0.443. The SMILES string of the molecule is Cc1ccc(C(=O)CN2C(=O)S/C(=C\C3=C(Cl)c4cc(C)c(C)cc4CCC3)C2=O)cc1. The molecule has 0 aromatic heterocycles. The first kappa shape index (κ1) is 22.6. The van der Waals surface area contributed by atoms with Crippen molar-refractivity contribution < 1.29 is 14.4 Å². The fraction of sp³-hybridized carbons (Fsp3) is 0.269. The van der Waals surface area contributed by atoms with E-state index >= 15 is 0 Å². The van der Waals surface area contributed by atoms with Gasteiger partial charge in [-0.2, -0.15) is 0 Å². The predicted octanol–water partition coefficient (Wildman–Crippen LogP) is 6.36. The van der Waals surface area contributed by atoms with Crippen LogP contribution < -0.4 is 0 Å². The molecule has 32 heavy (non-hydrogen) atoms. The molecule has 2 amide bonds. The molecule has 0 bridgehead atoms. The van der Waals surface area contributed by atoms with E-state index < -0.39 is 11.1 Å². The number of ketones is 1. The van der Waals surface area contributed by atoms with Crippen molar-refractivity contribution in [1.82, 2.24) is 4.90 Å². The summed E-state index contributed by atoms with van der Waals surface area (Å²) in [4.78, 5) is 39.4. The molecule has 1 heterocycles. The predicted molar refractivity (Wildman–Crippen MR) is 130 cm³/mol. The number of rotatable bonds is 4. The Labute approximate surface area is 197 Å². The van der Waals surface area contributed by atoms with Gasteiger partial charge in [-0.15, -0.1) is 0 Å². The number of carbonyl (C=O) groups excluding carboxylic acids is 3. The van der Waals surface area contributed by atoms with Crippen LogP contribution in [0.3, 0.4) is 0 Å². The molecular weight excluding hydrogens is 442 g/mol. The molecule has 1 saturated heterocycles. The van der Waals surface area contributed by atoms with Gasteiger partial charge in [0.1, 0.15) is 0 Å². The Morgan fingerprint density at radius 1 is 1.06 bits per heavy atom. The smallest absolute Gasteiger partial charge is 0.292 e. The van der Waals surface area contributed by atoms with Crippen LogP contribution in [-0.2, 0) is 11.2 Å². The zero-order valence-electron chi connectivity index (χ0n) is 18.3. The standard InChI is InChI=1S/C26H24ClNO3S/c1-15-7-9-18(10-8-15)22(29)14-28-25(30)23(32-26(28)31)13-20-6-4-5-19-11-16(2)17(3)12-21(19)24(20)27/h7-13H,4-6,14H2,1-3H3/b23-13-. The maximum Gasteiger partial charge on any atom is 0.293 e. The number of benzene rings is 2. The largest absolute Gasteiger partial charge is 0.293 e. The average Bonchev–Trinajstić information content (AvgIpc) is 2.92. The van der Waals surface area contributed by atoms with Crippen molar-refractivity contribution in [3.8, 4) is 0 Å². The number of carbonyl (C=O) groups is 3. The molecule has 0 unspecified atom stereocenters. The summed E-state index contributed by atoms with van der Waals surface area (Å²) in [7, 11) is 0. The summed E-state index contributed by atoms with van der Waals surface area (Å²) in [5.74, 6) is -0.706. The first-order valence-corrected chi connectivity index (χ1v) is 11.8. The van der Waals surface area contributed by atoms with Gasteiger partial charge in [0.05, 0.1) is 16.5 Å². The Balaban J connectivity index is 1.60. The van der Waals surface area contributed by atoms with Crippen molar-refractivity contribution in [1.29, 1.82) is 0 Å². The van der Waals surface area contributed by atoms with Crippen molar-refractivity contribution in [3.05, 3.63) is 86.3 Å². The third-order valence-corrected chi connectivity index (χ3v) is 7.34. The number of nitrogens with zero attached hydrogens (tertiary/aromatic N) is 1. The maximum atomic E-state index is 12.9. The number of Topliss-reactive ketones (excluding diaryl/α,β-unsaturated/α-hetero) is 1. The third kappa shape index (κ3) is 4.45. The molecule has 0 radical (unpaired) electrons. The Morgan fingerprint density at radius 2 is 1.75 bits per heavy atom. The van der Waals surface area contributed by atoms with Crippen molar-refractivity contribution in [2.24, 2.45) is 0 Å². The molecule has 0 saturated carbocycles. The Morgan fingerprint density at radius 3 is 2.47 bits per heavy atom. The van der Waals surface area contributed by atoms with E-state index in [2.05, 4.69) is 26.0 Å². The average molecular weight is 466 g/mol. The monoisotopic (exact) mass is 465 g/mol. The van der Waals surface area contributed by atoms with Crippen molar-refractivity contribution in [2.45, 2.75) is 40.0 Å². The normalized spacial score (nSPS) is 17.8. The fourth-order valence-corrected chi connectivity index (χ4v) is 5.11. The Kier molecular flexibility index (Phi) is 6.40. The molecule has 1 fully saturated rings. The van der Waals surface area contributed by atoms with Crippen molar-refractivity contribution in [2.75, 3.05) is 6.54 Å². The zero-order valence-corrected chi connectivity index (χ0v) is 19.9. The molecule has 2 aromatic rings. The fourth-order valence-electron chi connectivity index (χ4n) is 3.94. The second kappa shape index (κ2) is 9.08. The highest BCUT2D eigenvalue weighted by Crippen LogP contribution is 2.38. The summed E-state index contributed by atoms with van der Waals surface area (Å²) in [6, 6.07) is 11.4. The van der Waals surface area contributed by atoms with E-state index in [4.69, 9.17) is 11.6 Å². The number of aryl methyl sites for hydroxylation is 4. The molecule has 2 aromatic carbocycles. The van der Waals surface area contributed by atoms with Gasteiger partial charge in [-0.1, -0.05) is 47.5 Å². The van der Waals surface area contributed by atoms with E-state index in [0.717, 1.165) is 58.2 Å². The summed E-state index contributed by atoms with van der Waals surface area (Å²) in [6.45, 7) is 5.82. The van der Waals surface area contributed by atoms with Crippen LogP contribution in [0.25, 0.3) is 5.03 Å². The van der Waals surface area contributed by atoms with Gasteiger partial charge >= 0.3 is 0 Å². The van der Waals surface area contributed by atoms with Gasteiger partial charge in [0.15, 0.2) is 5.78 Å². The van der Waals surface area contributed by atoms with E-state index in [1.807, 2.05) is 19.1 Å². The summed E-state index contributed by atoms with van der Waals surface area (Å²) in [5, 5.41) is 0.196. The number of thioether (sulfide) groups is 1. The van der Waals surface area contributed by atoms with Crippen LogP contribution in [0.15, 0.2) is 53.0 Å². The lowest BCUT2D eigenvalue weighted by Gasteiger charge is -2.12. The van der Waals surface area contributed by atoms with Gasteiger partial charge < -0.3 is 0 Å². The molecule has 1 aliphatic carbocycles. The van der Waals surface area contributed by atoms with Crippen LogP contribution in [0, 0.1) is 20.8 Å². The van der Waals surface area contributed by atoms with E-state index in [0.29, 0.717) is 15.5 Å². The lowest BCUT2D eigenvalue weighted by molar-refractivity contribution is -0.122. The maximum absolute atomic E-state index is 12.9. The van der Waals surface area contributed by atoms with Gasteiger partial charge in [-0.25, -0.2) is 0 Å². The van der Waals surface area contributed by atoms with Crippen LogP contribution in [0.1, 0.15) is 51.0 Å². The molecular formula is C26H24ClNO3S. The number of hydrogen-bond acceptors (Lipinski definition) is 4. The highest BCUT2D eigenvalue weighted by Gasteiger charge is 2.36. The number of halogens is 1. The second-order valence-corrected chi connectivity index (χ2v) is 9.71. The summed E-state index contributed by atoms with van der Waals surface area (Å²) in [6.07, 6.45) is 4.27. The van der Waals surface area contributed by atoms with Crippen LogP contribution in [0.4, 0.5) is 4.79 Å². The number of amides is 2. The van der Waals surface area contributed by atoms with E-state index in [-0.39, 0.29) is 12.3 Å². The second-order valence-electron chi connectivity index (χ2n) is 8.34. The first-order valence-electron chi connectivity index (χ1n) is 10.6. The summed E-state index contributed by atoms with van der Waals surface area (Å²) < 4.78 is 0.